The fourth-order valence-corrected chi connectivity index (χ4v) is 2.56. The van der Waals surface area contributed by atoms with Crippen molar-refractivity contribution in [1.82, 2.24) is 10.8 Å². The van der Waals surface area contributed by atoms with Crippen LogP contribution in [-0.4, -0.2) is 18.4 Å². The van der Waals surface area contributed by atoms with Crippen LogP contribution in [0.2, 0.25) is 0 Å². The van der Waals surface area contributed by atoms with Gasteiger partial charge in [-0.15, -0.1) is 0 Å². The molecule has 1 aromatic carbocycles. The van der Waals surface area contributed by atoms with E-state index in [1.807, 2.05) is 51.1 Å². The van der Waals surface area contributed by atoms with Crippen LogP contribution < -0.4 is 10.8 Å². The predicted molar refractivity (Wildman–Crippen MR) is 78.8 cm³/mol. The highest BCUT2D eigenvalue weighted by atomic mass is 16.6. The van der Waals surface area contributed by atoms with E-state index in [0.29, 0.717) is 6.54 Å². The maximum atomic E-state index is 12.2. The summed E-state index contributed by atoms with van der Waals surface area (Å²) < 4.78 is 0. The fraction of sp³-hybridized carbons (Fsp3) is 0.500. The summed E-state index contributed by atoms with van der Waals surface area (Å²) in [5.41, 5.74) is 3.24. The largest absolute Gasteiger partial charge is 0.355 e. The predicted octanol–water partition coefficient (Wildman–Crippen LogP) is 1.64. The molecule has 1 heterocycles. The van der Waals surface area contributed by atoms with E-state index in [2.05, 4.69) is 10.8 Å². The lowest BCUT2D eigenvalue weighted by atomic mass is 9.74. The summed E-state index contributed by atoms with van der Waals surface area (Å²) in [4.78, 5) is 29.3. The minimum atomic E-state index is -0.694. The van der Waals surface area contributed by atoms with Gasteiger partial charge in [0.15, 0.2) is 0 Å². The van der Waals surface area contributed by atoms with E-state index >= 15 is 0 Å². The van der Waals surface area contributed by atoms with Gasteiger partial charge in [-0.25, -0.2) is 5.48 Å². The summed E-state index contributed by atoms with van der Waals surface area (Å²) in [6.07, 6.45) is 0. The smallest absolute Gasteiger partial charge is 0.256 e. The van der Waals surface area contributed by atoms with Crippen molar-refractivity contribution in [2.45, 2.75) is 27.4 Å². The van der Waals surface area contributed by atoms with Crippen LogP contribution in [0, 0.1) is 17.3 Å². The minimum Gasteiger partial charge on any atom is -0.355 e. The molecule has 2 atom stereocenters. The highest BCUT2D eigenvalue weighted by Gasteiger charge is 2.45. The molecule has 1 aliphatic heterocycles. The number of benzene rings is 1. The third kappa shape index (κ3) is 3.82. The maximum Gasteiger partial charge on any atom is 0.256 e. The molecule has 2 N–H and O–H groups in total. The van der Waals surface area contributed by atoms with Crippen molar-refractivity contribution in [3.05, 3.63) is 35.9 Å². The lowest BCUT2D eigenvalue weighted by Gasteiger charge is -2.29. The molecule has 2 rings (SSSR count). The Morgan fingerprint density at radius 1 is 1.33 bits per heavy atom. The van der Waals surface area contributed by atoms with Crippen LogP contribution in [0.4, 0.5) is 0 Å². The van der Waals surface area contributed by atoms with E-state index in [0.717, 1.165) is 5.56 Å². The zero-order valence-electron chi connectivity index (χ0n) is 12.7. The number of amides is 2. The van der Waals surface area contributed by atoms with E-state index in [-0.39, 0.29) is 29.8 Å². The Bertz CT molecular complexity index is 508. The van der Waals surface area contributed by atoms with Gasteiger partial charge in [-0.2, -0.15) is 0 Å². The SMILES string of the molecule is CC(C)(C)[C@@H]1CNC(=O)[C@@H]1C(=O)NOCc1ccccc1. The number of hydrogen-bond donors (Lipinski definition) is 2. The van der Waals surface area contributed by atoms with Gasteiger partial charge < -0.3 is 5.32 Å². The summed E-state index contributed by atoms with van der Waals surface area (Å²) in [6, 6.07) is 9.54. The highest BCUT2D eigenvalue weighted by Crippen LogP contribution is 2.35. The van der Waals surface area contributed by atoms with Crippen molar-refractivity contribution in [1.29, 1.82) is 0 Å². The van der Waals surface area contributed by atoms with Crippen molar-refractivity contribution in [2.24, 2.45) is 17.3 Å². The summed E-state index contributed by atoms with van der Waals surface area (Å²) in [5, 5.41) is 2.76. The number of hydroxylamine groups is 1. The Balaban J connectivity index is 1.91. The Morgan fingerprint density at radius 3 is 2.62 bits per heavy atom. The summed E-state index contributed by atoms with van der Waals surface area (Å²) in [7, 11) is 0. The second-order valence-corrected chi connectivity index (χ2v) is 6.44. The summed E-state index contributed by atoms with van der Waals surface area (Å²) in [6.45, 7) is 6.90. The van der Waals surface area contributed by atoms with Crippen molar-refractivity contribution in [3.8, 4) is 0 Å². The topological polar surface area (TPSA) is 67.4 Å². The Kier molecular flexibility index (Phi) is 4.63. The second kappa shape index (κ2) is 6.26. The molecule has 114 valence electrons. The van der Waals surface area contributed by atoms with Gasteiger partial charge in [-0.05, 0) is 11.0 Å². The van der Waals surface area contributed by atoms with Crippen LogP contribution >= 0.6 is 0 Å². The molecule has 0 saturated carbocycles. The normalized spacial score (nSPS) is 22.0. The van der Waals surface area contributed by atoms with Gasteiger partial charge in [-0.3, -0.25) is 14.4 Å². The fourth-order valence-electron chi connectivity index (χ4n) is 2.56. The van der Waals surface area contributed by atoms with Gasteiger partial charge >= 0.3 is 0 Å². The highest BCUT2D eigenvalue weighted by molar-refractivity contribution is 6.01. The molecule has 1 saturated heterocycles. The van der Waals surface area contributed by atoms with Gasteiger partial charge in [0, 0.05) is 12.5 Å². The molecule has 5 heteroatoms. The van der Waals surface area contributed by atoms with Crippen LogP contribution in [0.1, 0.15) is 26.3 Å². The summed E-state index contributed by atoms with van der Waals surface area (Å²) >= 11 is 0. The van der Waals surface area contributed by atoms with E-state index < -0.39 is 5.92 Å². The van der Waals surface area contributed by atoms with E-state index in [4.69, 9.17) is 4.84 Å². The van der Waals surface area contributed by atoms with Gasteiger partial charge in [-0.1, -0.05) is 51.1 Å². The van der Waals surface area contributed by atoms with Crippen LogP contribution in [0.15, 0.2) is 30.3 Å². The van der Waals surface area contributed by atoms with Crippen molar-refractivity contribution in [2.75, 3.05) is 6.54 Å². The first kappa shape index (κ1) is 15.5. The van der Waals surface area contributed by atoms with Crippen LogP contribution in [0.3, 0.4) is 0 Å². The maximum absolute atomic E-state index is 12.2. The number of rotatable bonds is 4. The molecular formula is C16H22N2O3. The molecule has 0 spiro atoms. The van der Waals surface area contributed by atoms with Crippen molar-refractivity contribution < 1.29 is 14.4 Å². The average Bonchev–Trinajstić information content (AvgIpc) is 2.82. The number of carbonyl (C=O) groups is 2. The standard InChI is InChI=1S/C16H22N2O3/c1-16(2,3)12-9-17-14(19)13(12)15(20)18-21-10-11-7-5-4-6-8-11/h4-8,12-13H,9-10H2,1-3H3,(H,17,19)(H,18,20)/t12-,13-/m1/s1. The van der Waals surface area contributed by atoms with Crippen molar-refractivity contribution >= 4 is 11.8 Å². The molecule has 1 fully saturated rings. The zero-order valence-corrected chi connectivity index (χ0v) is 12.7. The lowest BCUT2D eigenvalue weighted by Crippen LogP contribution is -2.40. The molecule has 1 aliphatic rings. The minimum absolute atomic E-state index is 0.0367. The molecule has 0 aliphatic carbocycles. The molecule has 2 amide bonds. The number of hydrogen-bond acceptors (Lipinski definition) is 3. The third-order valence-corrected chi connectivity index (χ3v) is 3.83. The van der Waals surface area contributed by atoms with E-state index in [9.17, 15) is 9.59 Å². The van der Waals surface area contributed by atoms with Crippen LogP contribution in [-0.2, 0) is 21.0 Å². The second-order valence-electron chi connectivity index (χ2n) is 6.44. The molecule has 0 unspecified atom stereocenters. The molecule has 0 bridgehead atoms. The Labute approximate surface area is 125 Å². The van der Waals surface area contributed by atoms with Crippen LogP contribution in [0.25, 0.3) is 0 Å². The third-order valence-electron chi connectivity index (χ3n) is 3.83. The number of nitrogens with one attached hydrogen (secondary N) is 2. The van der Waals surface area contributed by atoms with Gasteiger partial charge in [0.2, 0.25) is 5.91 Å². The van der Waals surface area contributed by atoms with Gasteiger partial charge in [0.05, 0.1) is 6.61 Å². The first-order valence-corrected chi connectivity index (χ1v) is 7.13. The summed E-state index contributed by atoms with van der Waals surface area (Å²) in [5.74, 6) is -1.33. The molecule has 0 aromatic heterocycles. The molecule has 21 heavy (non-hydrogen) atoms. The Morgan fingerprint density at radius 2 is 2.00 bits per heavy atom. The monoisotopic (exact) mass is 290 g/mol. The zero-order chi connectivity index (χ0) is 15.5. The molecular weight excluding hydrogens is 268 g/mol. The van der Waals surface area contributed by atoms with E-state index in [1.54, 1.807) is 0 Å². The Hall–Kier alpha value is -1.88. The first-order chi connectivity index (χ1) is 9.89. The average molecular weight is 290 g/mol. The first-order valence-electron chi connectivity index (χ1n) is 7.13. The lowest BCUT2D eigenvalue weighted by molar-refractivity contribution is -0.145. The van der Waals surface area contributed by atoms with Gasteiger partial charge in [0.25, 0.3) is 5.91 Å². The molecule has 1 aromatic rings. The van der Waals surface area contributed by atoms with Crippen molar-refractivity contribution in [3.63, 3.8) is 0 Å². The quantitative estimate of drug-likeness (QED) is 0.654. The molecule has 5 nitrogen and oxygen atoms in total. The molecule has 0 radical (unpaired) electrons. The number of carbonyl (C=O) groups excluding carboxylic acids is 2. The van der Waals surface area contributed by atoms with Crippen LogP contribution in [0.5, 0.6) is 0 Å². The van der Waals surface area contributed by atoms with Gasteiger partial charge in [0.1, 0.15) is 5.92 Å². The van der Waals surface area contributed by atoms with E-state index in [1.165, 1.54) is 0 Å².